The fraction of sp³-hybridized carbons (Fsp3) is 0.182. The molecule has 0 saturated heterocycles. The molecule has 0 unspecified atom stereocenters. The third-order valence-electron chi connectivity index (χ3n) is 5.09. The van der Waals surface area contributed by atoms with E-state index in [0.29, 0.717) is 33.9 Å². The highest BCUT2D eigenvalue weighted by molar-refractivity contribution is 6.30. The Morgan fingerprint density at radius 3 is 2.20 bits per heavy atom. The molecule has 30 heavy (non-hydrogen) atoms. The Labute approximate surface area is 176 Å². The minimum Gasteiger partial charge on any atom is -0.320 e. The zero-order chi connectivity index (χ0) is 21.4. The number of hydrogen-bond acceptors (Lipinski definition) is 4. The van der Waals surface area contributed by atoms with Crippen molar-refractivity contribution in [3.8, 4) is 0 Å². The summed E-state index contributed by atoms with van der Waals surface area (Å²) in [5.74, 6) is -0.0906. The quantitative estimate of drug-likeness (QED) is 0.463. The van der Waals surface area contributed by atoms with Crippen molar-refractivity contribution in [3.05, 3.63) is 97.4 Å². The van der Waals surface area contributed by atoms with Crippen LogP contribution in [-0.2, 0) is 20.1 Å². The van der Waals surface area contributed by atoms with Crippen molar-refractivity contribution < 1.29 is 4.79 Å². The number of ketones is 1. The summed E-state index contributed by atoms with van der Waals surface area (Å²) in [6.45, 7) is 2.43. The number of fused-ring (bicyclic) bond motifs is 1. The maximum atomic E-state index is 12.8. The van der Waals surface area contributed by atoms with Crippen molar-refractivity contribution in [1.82, 2.24) is 18.7 Å². The van der Waals surface area contributed by atoms with Gasteiger partial charge in [-0.25, -0.2) is 9.78 Å². The van der Waals surface area contributed by atoms with E-state index in [1.54, 1.807) is 61.3 Å². The first kappa shape index (κ1) is 19.8. The Hall–Kier alpha value is -3.45. The lowest BCUT2D eigenvalue weighted by atomic mass is 10.0. The summed E-state index contributed by atoms with van der Waals surface area (Å²) in [4.78, 5) is 41.9. The van der Waals surface area contributed by atoms with Gasteiger partial charge in [0.1, 0.15) is 0 Å². The number of aromatic nitrogens is 4. The van der Waals surface area contributed by atoms with Crippen LogP contribution >= 0.6 is 11.6 Å². The van der Waals surface area contributed by atoms with E-state index in [4.69, 9.17) is 11.6 Å². The fourth-order valence-corrected chi connectivity index (χ4v) is 3.57. The number of imidazole rings is 1. The molecule has 2 aromatic heterocycles. The molecule has 2 heterocycles. The summed E-state index contributed by atoms with van der Waals surface area (Å²) < 4.78 is 4.29. The first-order valence-electron chi connectivity index (χ1n) is 9.44. The van der Waals surface area contributed by atoms with Crippen LogP contribution in [0, 0.1) is 0 Å². The Bertz CT molecular complexity index is 1360. The summed E-state index contributed by atoms with van der Waals surface area (Å²) >= 11 is 5.88. The highest BCUT2D eigenvalue weighted by atomic mass is 35.5. The van der Waals surface area contributed by atoms with Gasteiger partial charge in [-0.1, -0.05) is 35.9 Å². The normalized spacial score (nSPS) is 11.2. The van der Waals surface area contributed by atoms with Gasteiger partial charge in [-0.2, -0.15) is 0 Å². The Balaban J connectivity index is 1.66. The van der Waals surface area contributed by atoms with Crippen LogP contribution in [0.1, 0.15) is 28.4 Å². The molecule has 4 rings (SSSR count). The molecule has 0 fully saturated rings. The van der Waals surface area contributed by atoms with E-state index in [9.17, 15) is 14.4 Å². The maximum Gasteiger partial charge on any atom is 0.332 e. The first-order chi connectivity index (χ1) is 14.4. The summed E-state index contributed by atoms with van der Waals surface area (Å²) in [6.07, 6.45) is 1.55. The van der Waals surface area contributed by atoms with Gasteiger partial charge in [0, 0.05) is 36.3 Å². The molecule has 0 N–H and O–H groups in total. The second kappa shape index (κ2) is 7.76. The lowest BCUT2D eigenvalue weighted by molar-refractivity contribution is 0.103. The number of aryl methyl sites for hydroxylation is 1. The highest BCUT2D eigenvalue weighted by Gasteiger charge is 2.16. The van der Waals surface area contributed by atoms with Gasteiger partial charge in [0.2, 0.25) is 0 Å². The van der Waals surface area contributed by atoms with E-state index in [1.165, 1.54) is 9.13 Å². The number of carbonyl (C=O) groups is 1. The number of hydrogen-bond donors (Lipinski definition) is 0. The smallest absolute Gasteiger partial charge is 0.320 e. The predicted molar refractivity (Wildman–Crippen MR) is 115 cm³/mol. The Morgan fingerprint density at radius 1 is 1.00 bits per heavy atom. The second-order valence-corrected chi connectivity index (χ2v) is 7.41. The van der Waals surface area contributed by atoms with E-state index >= 15 is 0 Å². The number of rotatable bonds is 5. The van der Waals surface area contributed by atoms with Gasteiger partial charge in [-0.15, -0.1) is 0 Å². The third kappa shape index (κ3) is 3.37. The number of nitrogens with zero attached hydrogens (tertiary/aromatic N) is 4. The van der Waals surface area contributed by atoms with E-state index in [-0.39, 0.29) is 23.6 Å². The summed E-state index contributed by atoms with van der Waals surface area (Å²) in [5, 5.41) is 0.578. The van der Waals surface area contributed by atoms with Crippen molar-refractivity contribution in [2.24, 2.45) is 7.05 Å². The summed E-state index contributed by atoms with van der Waals surface area (Å²) in [6, 6.07) is 14.0. The van der Waals surface area contributed by atoms with Gasteiger partial charge >= 0.3 is 5.69 Å². The Kier molecular flexibility index (Phi) is 5.13. The first-order valence-corrected chi connectivity index (χ1v) is 9.82. The molecule has 0 saturated carbocycles. The monoisotopic (exact) mass is 422 g/mol. The van der Waals surface area contributed by atoms with Gasteiger partial charge in [0.05, 0.1) is 6.33 Å². The van der Waals surface area contributed by atoms with Gasteiger partial charge in [0.15, 0.2) is 16.9 Å². The number of carbonyl (C=O) groups excluding carboxylic acids is 1. The average molecular weight is 423 g/mol. The van der Waals surface area contributed by atoms with E-state index < -0.39 is 0 Å². The van der Waals surface area contributed by atoms with Gasteiger partial charge in [0.25, 0.3) is 5.56 Å². The molecule has 8 heteroatoms. The number of halogens is 1. The maximum absolute atomic E-state index is 12.8. The predicted octanol–water partition coefficient (Wildman–Crippen LogP) is 2.85. The van der Waals surface area contributed by atoms with E-state index in [2.05, 4.69) is 4.98 Å². The zero-order valence-electron chi connectivity index (χ0n) is 16.5. The minimum absolute atomic E-state index is 0.0906. The topological polar surface area (TPSA) is 78.9 Å². The van der Waals surface area contributed by atoms with Crippen molar-refractivity contribution in [2.45, 2.75) is 20.0 Å². The van der Waals surface area contributed by atoms with Crippen molar-refractivity contribution in [3.63, 3.8) is 0 Å². The molecule has 0 bridgehead atoms. The Morgan fingerprint density at radius 2 is 1.60 bits per heavy atom. The van der Waals surface area contributed by atoms with Gasteiger partial charge < -0.3 is 4.57 Å². The average Bonchev–Trinajstić information content (AvgIpc) is 3.17. The molecular formula is C22H19ClN4O3. The second-order valence-electron chi connectivity index (χ2n) is 6.97. The van der Waals surface area contributed by atoms with Crippen molar-refractivity contribution >= 4 is 28.5 Å². The third-order valence-corrected chi connectivity index (χ3v) is 5.35. The van der Waals surface area contributed by atoms with Crippen LogP contribution in [0.4, 0.5) is 0 Å². The fourth-order valence-electron chi connectivity index (χ4n) is 3.45. The summed E-state index contributed by atoms with van der Waals surface area (Å²) in [7, 11) is 1.60. The number of benzene rings is 2. The zero-order valence-corrected chi connectivity index (χ0v) is 17.3. The van der Waals surface area contributed by atoms with Crippen LogP contribution in [0.2, 0.25) is 5.02 Å². The molecule has 0 aliphatic carbocycles. The molecule has 0 aliphatic rings. The highest BCUT2D eigenvalue weighted by Crippen LogP contribution is 2.16. The molecule has 4 aromatic rings. The van der Waals surface area contributed by atoms with Crippen LogP contribution in [0.3, 0.4) is 0 Å². The standard InChI is InChI=1S/C22H19ClN4O3/c1-3-27-21(29)18-20(25(2)22(27)30)24-13-26(18)12-14-4-6-15(7-5-14)19(28)16-8-10-17(23)11-9-16/h4-11,13H,3,12H2,1-2H3. The van der Waals surface area contributed by atoms with E-state index in [0.717, 1.165) is 5.56 Å². The lowest BCUT2D eigenvalue weighted by Crippen LogP contribution is -2.39. The molecule has 0 aliphatic heterocycles. The molecule has 0 radical (unpaired) electrons. The van der Waals surface area contributed by atoms with E-state index in [1.807, 2.05) is 12.1 Å². The van der Waals surface area contributed by atoms with Crippen LogP contribution in [0.5, 0.6) is 0 Å². The summed E-state index contributed by atoms with van der Waals surface area (Å²) in [5.41, 5.74) is 2.01. The minimum atomic E-state index is -0.384. The SMILES string of the molecule is CCn1c(=O)c2c(ncn2Cc2ccc(C(=O)c3ccc(Cl)cc3)cc2)n(C)c1=O. The van der Waals surface area contributed by atoms with Crippen LogP contribution in [0.15, 0.2) is 64.4 Å². The lowest BCUT2D eigenvalue weighted by Gasteiger charge is -2.09. The molecule has 0 atom stereocenters. The molecule has 2 aromatic carbocycles. The molecule has 0 amide bonds. The van der Waals surface area contributed by atoms with Crippen molar-refractivity contribution in [2.75, 3.05) is 0 Å². The van der Waals surface area contributed by atoms with Crippen molar-refractivity contribution in [1.29, 1.82) is 0 Å². The molecule has 0 spiro atoms. The molecule has 7 nitrogen and oxygen atoms in total. The molecular weight excluding hydrogens is 404 g/mol. The van der Waals surface area contributed by atoms with Gasteiger partial charge in [-0.3, -0.25) is 18.7 Å². The van der Waals surface area contributed by atoms with Gasteiger partial charge in [-0.05, 0) is 36.8 Å². The largest absolute Gasteiger partial charge is 0.332 e. The van der Waals surface area contributed by atoms with Crippen LogP contribution in [0.25, 0.3) is 11.2 Å². The molecule has 152 valence electrons. The van der Waals surface area contributed by atoms with Crippen LogP contribution in [-0.4, -0.2) is 24.5 Å². The van der Waals surface area contributed by atoms with Crippen LogP contribution < -0.4 is 11.2 Å².